The van der Waals surface area contributed by atoms with E-state index in [1.807, 2.05) is 43.3 Å². The molecule has 0 saturated carbocycles. The van der Waals surface area contributed by atoms with E-state index in [-0.39, 0.29) is 16.5 Å². The van der Waals surface area contributed by atoms with Crippen LogP contribution in [0.2, 0.25) is 5.02 Å². The van der Waals surface area contributed by atoms with Crippen molar-refractivity contribution in [3.63, 3.8) is 0 Å². The Morgan fingerprint density at radius 1 is 0.850 bits per heavy atom. The zero-order valence-corrected chi connectivity index (χ0v) is 23.2. The van der Waals surface area contributed by atoms with Gasteiger partial charge in [-0.3, -0.25) is 14.4 Å². The predicted molar refractivity (Wildman–Crippen MR) is 159 cm³/mol. The number of para-hydroxylation sites is 1. The Bertz CT molecular complexity index is 1620. The average Bonchev–Trinajstić information content (AvgIpc) is 3.18. The molecular weight excluding hydrogens is 546 g/mol. The highest BCUT2D eigenvalue weighted by Crippen LogP contribution is 2.41. The molecule has 0 aromatic heterocycles. The van der Waals surface area contributed by atoms with E-state index in [2.05, 4.69) is 10.6 Å². The van der Waals surface area contributed by atoms with Gasteiger partial charge in [-0.1, -0.05) is 47.6 Å². The van der Waals surface area contributed by atoms with Gasteiger partial charge in [0.2, 0.25) is 0 Å². The monoisotopic (exact) mass is 569 g/mol. The van der Waals surface area contributed by atoms with Crippen molar-refractivity contribution in [3.8, 4) is 5.75 Å². The molecule has 1 aliphatic rings. The smallest absolute Gasteiger partial charge is 0.283 e. The molecule has 0 radical (unpaired) electrons. The molecule has 1 aliphatic heterocycles. The van der Waals surface area contributed by atoms with Crippen LogP contribution in [0.15, 0.2) is 113 Å². The number of carbonyl (C=O) groups excluding carboxylic acids is 3. The van der Waals surface area contributed by atoms with Gasteiger partial charge in [0.15, 0.2) is 0 Å². The molecule has 0 atom stereocenters. The summed E-state index contributed by atoms with van der Waals surface area (Å²) in [7, 11) is 1.50. The summed E-state index contributed by atoms with van der Waals surface area (Å²) in [6.45, 7) is 1.88. The zero-order chi connectivity index (χ0) is 28.2. The van der Waals surface area contributed by atoms with Gasteiger partial charge in [-0.2, -0.15) is 0 Å². The Kier molecular flexibility index (Phi) is 7.91. The van der Waals surface area contributed by atoms with Crippen molar-refractivity contribution in [2.75, 3.05) is 22.6 Å². The van der Waals surface area contributed by atoms with Crippen molar-refractivity contribution in [2.24, 2.45) is 0 Å². The minimum Gasteiger partial charge on any atom is -0.495 e. The molecule has 2 N–H and O–H groups in total. The second kappa shape index (κ2) is 11.7. The third kappa shape index (κ3) is 5.73. The first-order chi connectivity index (χ1) is 19.3. The number of rotatable bonds is 8. The van der Waals surface area contributed by atoms with Gasteiger partial charge in [0.25, 0.3) is 17.7 Å². The molecule has 1 heterocycles. The van der Waals surface area contributed by atoms with Crippen LogP contribution in [0, 0.1) is 6.92 Å². The first-order valence-electron chi connectivity index (χ1n) is 12.3. The van der Waals surface area contributed by atoms with E-state index in [1.54, 1.807) is 60.7 Å². The number of halogens is 1. The van der Waals surface area contributed by atoms with E-state index < -0.39 is 11.8 Å². The van der Waals surface area contributed by atoms with E-state index in [0.717, 1.165) is 10.5 Å². The summed E-state index contributed by atoms with van der Waals surface area (Å²) in [6.07, 6.45) is 0. The lowest BCUT2D eigenvalue weighted by Gasteiger charge is -2.19. The maximum atomic E-state index is 13.8. The number of amides is 3. The fourth-order valence-corrected chi connectivity index (χ4v) is 5.16. The minimum atomic E-state index is -0.480. The summed E-state index contributed by atoms with van der Waals surface area (Å²) in [4.78, 5) is 42.1. The fourth-order valence-electron chi connectivity index (χ4n) is 4.10. The van der Waals surface area contributed by atoms with Crippen LogP contribution in [0.4, 0.5) is 17.1 Å². The SMILES string of the molecule is COc1ccc(C)cc1N1C(=O)C(Nc2ccccc2)=C(Sc2ccc(NC(=O)c3ccc(Cl)cc3)cc2)C1=O. The van der Waals surface area contributed by atoms with Crippen LogP contribution in [0.5, 0.6) is 5.75 Å². The highest BCUT2D eigenvalue weighted by Gasteiger charge is 2.41. The molecule has 200 valence electrons. The van der Waals surface area contributed by atoms with Crippen molar-refractivity contribution in [2.45, 2.75) is 11.8 Å². The number of thioether (sulfide) groups is 1. The fraction of sp³-hybridized carbons (Fsp3) is 0.0645. The lowest BCUT2D eigenvalue weighted by atomic mass is 10.2. The maximum absolute atomic E-state index is 13.8. The van der Waals surface area contributed by atoms with Gasteiger partial charge >= 0.3 is 0 Å². The zero-order valence-electron chi connectivity index (χ0n) is 21.6. The van der Waals surface area contributed by atoms with Gasteiger partial charge in [-0.25, -0.2) is 4.90 Å². The molecule has 4 aromatic rings. The number of aryl methyl sites for hydroxylation is 1. The minimum absolute atomic E-state index is 0.171. The van der Waals surface area contributed by atoms with Crippen LogP contribution in [0.25, 0.3) is 0 Å². The number of anilines is 3. The lowest BCUT2D eigenvalue weighted by Crippen LogP contribution is -2.32. The van der Waals surface area contributed by atoms with Crippen LogP contribution < -0.4 is 20.3 Å². The molecule has 40 heavy (non-hydrogen) atoms. The quantitative estimate of drug-likeness (QED) is 0.224. The number of carbonyl (C=O) groups is 3. The Labute approximate surface area is 240 Å². The molecule has 0 saturated heterocycles. The van der Waals surface area contributed by atoms with E-state index in [4.69, 9.17) is 16.3 Å². The highest BCUT2D eigenvalue weighted by molar-refractivity contribution is 8.04. The van der Waals surface area contributed by atoms with Crippen molar-refractivity contribution >= 4 is 58.1 Å². The van der Waals surface area contributed by atoms with E-state index in [0.29, 0.717) is 38.3 Å². The second-order valence-electron chi connectivity index (χ2n) is 8.90. The van der Waals surface area contributed by atoms with Gasteiger partial charge in [-0.15, -0.1) is 0 Å². The Morgan fingerprint density at radius 3 is 2.23 bits per heavy atom. The molecule has 0 fully saturated rings. The van der Waals surface area contributed by atoms with E-state index in [1.165, 1.54) is 18.9 Å². The van der Waals surface area contributed by atoms with Gasteiger partial charge < -0.3 is 15.4 Å². The molecule has 9 heteroatoms. The molecule has 0 unspecified atom stereocenters. The third-order valence-electron chi connectivity index (χ3n) is 6.10. The molecule has 3 amide bonds. The summed E-state index contributed by atoms with van der Waals surface area (Å²) in [5.74, 6) is -0.795. The Hall–Kier alpha value is -4.53. The van der Waals surface area contributed by atoms with Crippen LogP contribution in [0.3, 0.4) is 0 Å². The number of nitrogens with one attached hydrogen (secondary N) is 2. The topological polar surface area (TPSA) is 87.7 Å². The number of benzene rings is 4. The third-order valence-corrected chi connectivity index (χ3v) is 7.44. The average molecular weight is 570 g/mol. The van der Waals surface area contributed by atoms with Crippen molar-refractivity contribution < 1.29 is 19.1 Å². The summed E-state index contributed by atoms with van der Waals surface area (Å²) < 4.78 is 5.47. The van der Waals surface area contributed by atoms with Gasteiger partial charge in [0, 0.05) is 26.9 Å². The normalized spacial score (nSPS) is 13.0. The highest BCUT2D eigenvalue weighted by atomic mass is 35.5. The molecule has 0 bridgehead atoms. The first kappa shape index (κ1) is 27.1. The Morgan fingerprint density at radius 2 is 1.55 bits per heavy atom. The molecule has 7 nitrogen and oxygen atoms in total. The number of hydrogen-bond acceptors (Lipinski definition) is 6. The van der Waals surface area contributed by atoms with Crippen LogP contribution in [-0.4, -0.2) is 24.8 Å². The summed E-state index contributed by atoms with van der Waals surface area (Å²) in [5.41, 5.74) is 3.17. The standard InChI is InChI=1S/C31H24ClN3O4S/c1-19-8-17-26(39-2)25(18-19)35-30(37)27(33-22-6-4-3-5-7-22)28(31(35)38)40-24-15-13-23(14-16-24)34-29(36)20-9-11-21(32)12-10-20/h3-18,33H,1-2H3,(H,34,36). The molecule has 0 aliphatic carbocycles. The van der Waals surface area contributed by atoms with Crippen molar-refractivity contribution in [1.82, 2.24) is 0 Å². The van der Waals surface area contributed by atoms with Crippen molar-refractivity contribution in [1.29, 1.82) is 0 Å². The molecular formula is C31H24ClN3O4S. The van der Waals surface area contributed by atoms with Crippen molar-refractivity contribution in [3.05, 3.63) is 124 Å². The number of hydrogen-bond donors (Lipinski definition) is 2. The van der Waals surface area contributed by atoms with Gasteiger partial charge in [0.05, 0.1) is 12.8 Å². The van der Waals surface area contributed by atoms with Crippen LogP contribution >= 0.6 is 23.4 Å². The molecule has 5 rings (SSSR count). The first-order valence-corrected chi connectivity index (χ1v) is 13.5. The van der Waals surface area contributed by atoms with E-state index >= 15 is 0 Å². The molecule has 0 spiro atoms. The van der Waals surface area contributed by atoms with Gasteiger partial charge in [-0.05, 0) is 85.3 Å². The predicted octanol–water partition coefficient (Wildman–Crippen LogP) is 6.90. The lowest BCUT2D eigenvalue weighted by molar-refractivity contribution is -0.120. The summed E-state index contributed by atoms with van der Waals surface area (Å²) in [6, 6.07) is 28.2. The van der Waals surface area contributed by atoms with Crippen LogP contribution in [0.1, 0.15) is 15.9 Å². The van der Waals surface area contributed by atoms with Crippen LogP contribution in [-0.2, 0) is 9.59 Å². The number of methoxy groups -OCH3 is 1. The second-order valence-corrected chi connectivity index (χ2v) is 10.4. The number of imide groups is 1. The summed E-state index contributed by atoms with van der Waals surface area (Å²) in [5, 5.41) is 6.53. The van der Waals surface area contributed by atoms with E-state index in [9.17, 15) is 14.4 Å². The maximum Gasteiger partial charge on any atom is 0.283 e. The van der Waals surface area contributed by atoms with Gasteiger partial charge in [0.1, 0.15) is 16.4 Å². The largest absolute Gasteiger partial charge is 0.495 e. The Balaban J connectivity index is 1.43. The molecule has 4 aromatic carbocycles. The summed E-state index contributed by atoms with van der Waals surface area (Å²) >= 11 is 7.08. The number of nitrogens with zero attached hydrogens (tertiary/aromatic N) is 1. The number of ether oxygens (including phenoxy) is 1.